The predicted molar refractivity (Wildman–Crippen MR) is 106 cm³/mol. The molecule has 0 atom stereocenters. The Morgan fingerprint density at radius 3 is 2.50 bits per heavy atom. The van der Waals surface area contributed by atoms with Gasteiger partial charge in [0.05, 0.1) is 26.3 Å². The van der Waals surface area contributed by atoms with Crippen LogP contribution in [0.15, 0.2) is 47.4 Å². The lowest BCUT2D eigenvalue weighted by Gasteiger charge is -2.18. The van der Waals surface area contributed by atoms with Gasteiger partial charge >= 0.3 is 0 Å². The summed E-state index contributed by atoms with van der Waals surface area (Å²) in [6, 6.07) is 9.32. The number of carbonyl (C=O) groups excluding carboxylic acids is 1. The van der Waals surface area contributed by atoms with Crippen molar-refractivity contribution < 1.29 is 13.2 Å². The third-order valence-corrected chi connectivity index (χ3v) is 5.18. The van der Waals surface area contributed by atoms with Crippen LogP contribution in [0.2, 0.25) is 10.0 Å². The van der Waals surface area contributed by atoms with E-state index in [0.717, 1.165) is 0 Å². The topological polar surface area (TPSA) is 92.5 Å². The van der Waals surface area contributed by atoms with Crippen LogP contribution in [0.3, 0.4) is 0 Å². The van der Waals surface area contributed by atoms with Crippen LogP contribution in [0.25, 0.3) is 6.08 Å². The lowest BCUT2D eigenvalue weighted by molar-refractivity contribution is -0.111. The molecular weight excluding hydrogens is 397 g/mol. The second kappa shape index (κ2) is 8.09. The third kappa shape index (κ3) is 4.98. The van der Waals surface area contributed by atoms with Crippen LogP contribution in [0, 0.1) is 0 Å². The molecule has 0 aliphatic heterocycles. The van der Waals surface area contributed by atoms with Crippen LogP contribution < -0.4 is 15.4 Å². The summed E-state index contributed by atoms with van der Waals surface area (Å²) in [7, 11) is -0.355. The van der Waals surface area contributed by atoms with Crippen molar-refractivity contribution in [1.29, 1.82) is 0 Å². The van der Waals surface area contributed by atoms with Crippen LogP contribution in [-0.4, -0.2) is 28.4 Å². The van der Waals surface area contributed by atoms with Gasteiger partial charge in [-0.15, -0.1) is 0 Å². The quantitative estimate of drug-likeness (QED) is 0.734. The minimum absolute atomic E-state index is 0.0970. The minimum atomic E-state index is -3.89. The van der Waals surface area contributed by atoms with Gasteiger partial charge in [0.2, 0.25) is 15.9 Å². The van der Waals surface area contributed by atoms with Gasteiger partial charge in [-0.1, -0.05) is 35.3 Å². The largest absolute Gasteiger partial charge is 0.376 e. The van der Waals surface area contributed by atoms with Gasteiger partial charge in [0.1, 0.15) is 0 Å². The molecule has 2 aromatic carbocycles. The Labute approximate surface area is 162 Å². The summed E-state index contributed by atoms with van der Waals surface area (Å²) in [6.45, 7) is 0. The van der Waals surface area contributed by atoms with Crippen molar-refractivity contribution in [3.63, 3.8) is 0 Å². The Kier molecular flexibility index (Phi) is 6.30. The zero-order valence-corrected chi connectivity index (χ0v) is 16.4. The van der Waals surface area contributed by atoms with E-state index < -0.39 is 15.9 Å². The number of nitrogens with two attached hydrogens (primary N) is 1. The highest BCUT2D eigenvalue weighted by Gasteiger charge is 2.14. The van der Waals surface area contributed by atoms with Crippen LogP contribution in [-0.2, 0) is 14.8 Å². The standard InChI is InChI=1S/C17H17Cl2N3O3S/c1-22(2)15-8-7-12(26(20,24)25)10-14(15)21-16(23)9-6-11-4-3-5-13(18)17(11)19/h3-10H,1-2H3,(H,21,23)(H2,20,24,25)/b9-6+. The van der Waals surface area contributed by atoms with Gasteiger partial charge in [0.25, 0.3) is 0 Å². The second-order valence-electron chi connectivity index (χ2n) is 5.58. The van der Waals surface area contributed by atoms with Crippen molar-refractivity contribution in [2.45, 2.75) is 4.90 Å². The maximum atomic E-state index is 12.2. The normalized spacial score (nSPS) is 11.6. The smallest absolute Gasteiger partial charge is 0.248 e. The lowest BCUT2D eigenvalue weighted by atomic mass is 10.2. The monoisotopic (exact) mass is 413 g/mol. The molecule has 0 fully saturated rings. The van der Waals surface area contributed by atoms with Crippen LogP contribution in [0.1, 0.15) is 5.56 Å². The molecular formula is C17H17Cl2N3O3S. The molecule has 26 heavy (non-hydrogen) atoms. The molecule has 1 amide bonds. The molecule has 0 aliphatic carbocycles. The van der Waals surface area contributed by atoms with Crippen molar-refractivity contribution >= 4 is 56.6 Å². The molecule has 0 heterocycles. The Hall–Kier alpha value is -2.06. The molecule has 0 radical (unpaired) electrons. The van der Waals surface area contributed by atoms with E-state index >= 15 is 0 Å². The Morgan fingerprint density at radius 1 is 1.19 bits per heavy atom. The van der Waals surface area contributed by atoms with Gasteiger partial charge in [0, 0.05) is 20.2 Å². The number of nitrogens with one attached hydrogen (secondary N) is 1. The van der Waals surface area contributed by atoms with E-state index in [1.807, 2.05) is 0 Å². The zero-order chi connectivity index (χ0) is 19.5. The van der Waals surface area contributed by atoms with E-state index in [1.54, 1.807) is 43.3 Å². The second-order valence-corrected chi connectivity index (χ2v) is 7.93. The van der Waals surface area contributed by atoms with Crippen LogP contribution in [0.5, 0.6) is 0 Å². The van der Waals surface area contributed by atoms with E-state index in [1.165, 1.54) is 24.3 Å². The molecule has 3 N–H and O–H groups in total. The van der Waals surface area contributed by atoms with Gasteiger partial charge in [-0.05, 0) is 35.9 Å². The number of anilines is 2. The molecule has 0 bridgehead atoms. The fourth-order valence-electron chi connectivity index (χ4n) is 2.17. The first-order chi connectivity index (χ1) is 12.1. The molecule has 0 saturated carbocycles. The van der Waals surface area contributed by atoms with E-state index in [0.29, 0.717) is 27.0 Å². The summed E-state index contributed by atoms with van der Waals surface area (Å²) in [6.07, 6.45) is 2.79. The van der Waals surface area contributed by atoms with Crippen molar-refractivity contribution in [2.75, 3.05) is 24.3 Å². The Bertz CT molecular complexity index is 973. The van der Waals surface area contributed by atoms with Crippen molar-refractivity contribution in [3.05, 3.63) is 58.1 Å². The van der Waals surface area contributed by atoms with Crippen molar-refractivity contribution in [2.24, 2.45) is 5.14 Å². The van der Waals surface area contributed by atoms with Crippen LogP contribution >= 0.6 is 23.2 Å². The van der Waals surface area contributed by atoms with E-state index in [-0.39, 0.29) is 4.90 Å². The fourth-order valence-corrected chi connectivity index (χ4v) is 3.08. The molecule has 0 aliphatic rings. The van der Waals surface area contributed by atoms with E-state index in [4.69, 9.17) is 28.3 Å². The molecule has 2 aromatic rings. The van der Waals surface area contributed by atoms with Gasteiger partial charge in [-0.2, -0.15) is 0 Å². The van der Waals surface area contributed by atoms with Crippen molar-refractivity contribution in [3.8, 4) is 0 Å². The molecule has 2 rings (SSSR count). The fraction of sp³-hybridized carbons (Fsp3) is 0.118. The maximum absolute atomic E-state index is 12.2. The van der Waals surface area contributed by atoms with Gasteiger partial charge in [0.15, 0.2) is 0 Å². The first-order valence-electron chi connectivity index (χ1n) is 7.37. The van der Waals surface area contributed by atoms with E-state index in [9.17, 15) is 13.2 Å². The number of nitrogens with zero attached hydrogens (tertiary/aromatic N) is 1. The Morgan fingerprint density at radius 2 is 1.88 bits per heavy atom. The SMILES string of the molecule is CN(C)c1ccc(S(N)(=O)=O)cc1NC(=O)/C=C/c1cccc(Cl)c1Cl. The van der Waals surface area contributed by atoms with Crippen LogP contribution in [0.4, 0.5) is 11.4 Å². The number of benzene rings is 2. The zero-order valence-electron chi connectivity index (χ0n) is 14.0. The highest BCUT2D eigenvalue weighted by molar-refractivity contribution is 7.89. The van der Waals surface area contributed by atoms with Crippen molar-refractivity contribution in [1.82, 2.24) is 0 Å². The highest BCUT2D eigenvalue weighted by Crippen LogP contribution is 2.28. The molecule has 0 saturated heterocycles. The summed E-state index contributed by atoms with van der Waals surface area (Å²) < 4.78 is 23.1. The van der Waals surface area contributed by atoms with Gasteiger partial charge < -0.3 is 10.2 Å². The minimum Gasteiger partial charge on any atom is -0.376 e. The summed E-state index contributed by atoms with van der Waals surface area (Å²) in [5, 5.41) is 8.51. The number of hydrogen-bond donors (Lipinski definition) is 2. The summed E-state index contributed by atoms with van der Waals surface area (Å²) >= 11 is 12.0. The summed E-state index contributed by atoms with van der Waals surface area (Å²) in [4.78, 5) is 13.9. The average Bonchev–Trinajstić information content (AvgIpc) is 2.55. The maximum Gasteiger partial charge on any atom is 0.248 e. The van der Waals surface area contributed by atoms with E-state index in [2.05, 4.69) is 5.32 Å². The Balaban J connectivity index is 2.30. The molecule has 9 heteroatoms. The van der Waals surface area contributed by atoms with Gasteiger partial charge in [-0.25, -0.2) is 13.6 Å². The summed E-state index contributed by atoms with van der Waals surface area (Å²) in [5.74, 6) is -0.462. The number of sulfonamides is 1. The first kappa shape index (κ1) is 20.3. The molecule has 0 unspecified atom stereocenters. The molecule has 0 aromatic heterocycles. The first-order valence-corrected chi connectivity index (χ1v) is 9.67. The lowest BCUT2D eigenvalue weighted by Crippen LogP contribution is -2.17. The predicted octanol–water partition coefficient (Wildman–Crippen LogP) is 3.36. The number of rotatable bonds is 5. The number of primary sulfonamides is 1. The molecule has 0 spiro atoms. The average molecular weight is 414 g/mol. The number of hydrogen-bond acceptors (Lipinski definition) is 4. The third-order valence-electron chi connectivity index (χ3n) is 3.43. The number of carbonyl (C=O) groups is 1. The highest BCUT2D eigenvalue weighted by atomic mass is 35.5. The molecule has 138 valence electrons. The van der Waals surface area contributed by atoms with Gasteiger partial charge in [-0.3, -0.25) is 4.79 Å². The number of halogens is 2. The molecule has 6 nitrogen and oxygen atoms in total. The summed E-state index contributed by atoms with van der Waals surface area (Å²) in [5.41, 5.74) is 1.52. The number of amides is 1.